The second-order valence-electron chi connectivity index (χ2n) is 7.83. The minimum Gasteiger partial charge on any atom is -0.495 e. The minimum absolute atomic E-state index is 0.0658. The summed E-state index contributed by atoms with van der Waals surface area (Å²) in [6, 6.07) is 8.85. The van der Waals surface area contributed by atoms with Crippen LogP contribution in [0.1, 0.15) is 29.2 Å². The van der Waals surface area contributed by atoms with Crippen LogP contribution < -0.4 is 10.1 Å². The van der Waals surface area contributed by atoms with Crippen LogP contribution in [-0.4, -0.2) is 44.0 Å². The van der Waals surface area contributed by atoms with Gasteiger partial charge in [-0.1, -0.05) is 22.8 Å². The average Bonchev–Trinajstić information content (AvgIpc) is 3.47. The van der Waals surface area contributed by atoms with E-state index in [4.69, 9.17) is 20.9 Å². The maximum atomic E-state index is 13.4. The van der Waals surface area contributed by atoms with E-state index < -0.39 is 10.0 Å². The highest BCUT2D eigenvalue weighted by Gasteiger charge is 2.36. The highest BCUT2D eigenvalue weighted by atomic mass is 35.5. The fourth-order valence-electron chi connectivity index (χ4n) is 3.82. The van der Waals surface area contributed by atoms with Crippen LogP contribution in [0.3, 0.4) is 0 Å². The third-order valence-electron chi connectivity index (χ3n) is 5.62. The SMILES string of the molecule is COc1ccc(NC(=O)C2CCN(S(=O)(=O)c3c(C)noc3C=Cc3cccs3)CC2)cc1Cl. The lowest BCUT2D eigenvalue weighted by molar-refractivity contribution is -0.120. The number of anilines is 1. The molecule has 1 N–H and O–H groups in total. The monoisotopic (exact) mass is 521 g/mol. The molecule has 3 heterocycles. The molecule has 180 valence electrons. The zero-order valence-corrected chi connectivity index (χ0v) is 21.0. The summed E-state index contributed by atoms with van der Waals surface area (Å²) >= 11 is 7.66. The maximum Gasteiger partial charge on any atom is 0.248 e. The quantitative estimate of drug-likeness (QED) is 0.473. The van der Waals surface area contributed by atoms with Crippen molar-refractivity contribution in [3.8, 4) is 5.75 Å². The zero-order chi connectivity index (χ0) is 24.3. The molecule has 11 heteroatoms. The standard InChI is InChI=1S/C23H24ClN3O5S2/c1-15-22(21(32-26-15)8-6-18-4-3-13-33-18)34(29,30)27-11-9-16(10-12-27)23(28)25-17-5-7-20(31-2)19(24)14-17/h3-8,13-14,16H,9-12H2,1-2H3,(H,25,28). The molecule has 1 aliphatic heterocycles. The Kier molecular flexibility index (Phi) is 7.42. The van der Waals surface area contributed by atoms with E-state index in [9.17, 15) is 13.2 Å². The molecule has 0 aliphatic carbocycles. The molecule has 0 bridgehead atoms. The van der Waals surface area contributed by atoms with Gasteiger partial charge in [0.1, 0.15) is 11.4 Å². The third kappa shape index (κ3) is 5.20. The number of thiophene rings is 1. The lowest BCUT2D eigenvalue weighted by atomic mass is 9.97. The highest BCUT2D eigenvalue weighted by molar-refractivity contribution is 7.89. The fourth-order valence-corrected chi connectivity index (χ4v) is 6.41. The van der Waals surface area contributed by atoms with Crippen molar-refractivity contribution in [2.24, 2.45) is 5.92 Å². The number of sulfonamides is 1. The van der Waals surface area contributed by atoms with Gasteiger partial charge < -0.3 is 14.6 Å². The number of hydrogen-bond donors (Lipinski definition) is 1. The van der Waals surface area contributed by atoms with Crippen LogP contribution >= 0.6 is 22.9 Å². The Morgan fingerprint density at radius 1 is 1.29 bits per heavy atom. The minimum atomic E-state index is -3.83. The van der Waals surface area contributed by atoms with Gasteiger partial charge >= 0.3 is 0 Å². The molecular weight excluding hydrogens is 498 g/mol. The van der Waals surface area contributed by atoms with Crippen molar-refractivity contribution >= 4 is 56.7 Å². The summed E-state index contributed by atoms with van der Waals surface area (Å²) in [6.45, 7) is 2.06. The number of methoxy groups -OCH3 is 1. The van der Waals surface area contributed by atoms with Gasteiger partial charge in [0, 0.05) is 29.6 Å². The van der Waals surface area contributed by atoms with Gasteiger partial charge in [-0.2, -0.15) is 4.31 Å². The molecule has 2 aromatic heterocycles. The van der Waals surface area contributed by atoms with Crippen LogP contribution in [0.2, 0.25) is 5.02 Å². The van der Waals surface area contributed by atoms with Gasteiger partial charge in [-0.15, -0.1) is 11.3 Å². The molecule has 34 heavy (non-hydrogen) atoms. The van der Waals surface area contributed by atoms with Crippen molar-refractivity contribution in [2.45, 2.75) is 24.7 Å². The van der Waals surface area contributed by atoms with E-state index in [0.717, 1.165) is 4.88 Å². The van der Waals surface area contributed by atoms with Crippen molar-refractivity contribution in [1.29, 1.82) is 0 Å². The number of nitrogens with zero attached hydrogens (tertiary/aromatic N) is 2. The maximum absolute atomic E-state index is 13.4. The summed E-state index contributed by atoms with van der Waals surface area (Å²) in [6.07, 6.45) is 4.23. The van der Waals surface area contributed by atoms with Gasteiger partial charge in [0.15, 0.2) is 10.7 Å². The number of amides is 1. The highest BCUT2D eigenvalue weighted by Crippen LogP contribution is 2.31. The van der Waals surface area contributed by atoms with Gasteiger partial charge in [-0.3, -0.25) is 4.79 Å². The summed E-state index contributed by atoms with van der Waals surface area (Å²) in [5, 5.41) is 9.06. The van der Waals surface area contributed by atoms with Crippen LogP contribution in [-0.2, 0) is 14.8 Å². The van der Waals surface area contributed by atoms with Crippen LogP contribution in [0.5, 0.6) is 5.75 Å². The van der Waals surface area contributed by atoms with E-state index in [0.29, 0.717) is 35.0 Å². The van der Waals surface area contributed by atoms with Gasteiger partial charge in [0.25, 0.3) is 0 Å². The van der Waals surface area contributed by atoms with E-state index in [1.165, 1.54) is 22.8 Å². The van der Waals surface area contributed by atoms with E-state index >= 15 is 0 Å². The number of benzene rings is 1. The Morgan fingerprint density at radius 2 is 2.06 bits per heavy atom. The first kappa shape index (κ1) is 24.5. The van der Waals surface area contributed by atoms with Crippen molar-refractivity contribution < 1.29 is 22.5 Å². The number of halogens is 1. The number of ether oxygens (including phenoxy) is 1. The first-order valence-electron chi connectivity index (χ1n) is 10.6. The summed E-state index contributed by atoms with van der Waals surface area (Å²) in [5.74, 6) is 0.238. The molecule has 0 saturated carbocycles. The Labute approximate surface area is 207 Å². The zero-order valence-electron chi connectivity index (χ0n) is 18.7. The van der Waals surface area contributed by atoms with Crippen molar-refractivity contribution in [3.63, 3.8) is 0 Å². The average molecular weight is 522 g/mol. The fraction of sp³-hybridized carbons (Fsp3) is 0.304. The van der Waals surface area contributed by atoms with E-state index in [1.807, 2.05) is 17.5 Å². The Morgan fingerprint density at radius 3 is 2.71 bits per heavy atom. The van der Waals surface area contributed by atoms with Crippen molar-refractivity contribution in [3.05, 3.63) is 57.1 Å². The first-order chi connectivity index (χ1) is 16.3. The van der Waals surface area contributed by atoms with Crippen LogP contribution in [0.15, 0.2) is 45.1 Å². The van der Waals surface area contributed by atoms with Crippen LogP contribution in [0.4, 0.5) is 5.69 Å². The predicted molar refractivity (Wildman–Crippen MR) is 133 cm³/mol. The molecule has 3 aromatic rings. The Bertz CT molecular complexity index is 1290. The second kappa shape index (κ2) is 10.3. The Hall–Kier alpha value is -2.66. The van der Waals surface area contributed by atoms with Gasteiger partial charge in [0.2, 0.25) is 15.9 Å². The first-order valence-corrected chi connectivity index (χ1v) is 13.3. The van der Waals surface area contributed by atoms with Crippen molar-refractivity contribution in [2.75, 3.05) is 25.5 Å². The largest absolute Gasteiger partial charge is 0.495 e. The molecule has 1 aliphatic rings. The normalized spacial score (nSPS) is 15.6. The summed E-state index contributed by atoms with van der Waals surface area (Å²) < 4.78 is 38.6. The number of nitrogens with one attached hydrogen (secondary N) is 1. The molecule has 0 spiro atoms. The number of aryl methyl sites for hydroxylation is 1. The Balaban J connectivity index is 1.42. The molecule has 1 fully saturated rings. The lowest BCUT2D eigenvalue weighted by Gasteiger charge is -2.30. The summed E-state index contributed by atoms with van der Waals surface area (Å²) in [7, 11) is -2.31. The van der Waals surface area contributed by atoms with Crippen molar-refractivity contribution in [1.82, 2.24) is 9.46 Å². The molecule has 0 unspecified atom stereocenters. The third-order valence-corrected chi connectivity index (χ3v) is 8.81. The molecule has 1 amide bonds. The van der Waals surface area contributed by atoms with E-state index in [1.54, 1.807) is 37.3 Å². The van der Waals surface area contributed by atoms with Crippen LogP contribution in [0.25, 0.3) is 12.2 Å². The topological polar surface area (TPSA) is 102 Å². The van der Waals surface area contributed by atoms with Gasteiger partial charge in [-0.25, -0.2) is 8.42 Å². The van der Waals surface area contributed by atoms with Gasteiger partial charge in [0.05, 0.1) is 12.1 Å². The molecule has 8 nitrogen and oxygen atoms in total. The number of hydrogen-bond acceptors (Lipinski definition) is 7. The smallest absolute Gasteiger partial charge is 0.248 e. The number of carbonyl (C=O) groups is 1. The number of rotatable bonds is 7. The summed E-state index contributed by atoms with van der Waals surface area (Å²) in [5.41, 5.74) is 0.871. The number of piperidine rings is 1. The number of aromatic nitrogens is 1. The molecule has 1 saturated heterocycles. The molecular formula is C23H24ClN3O5S2. The van der Waals surface area contributed by atoms with E-state index in [2.05, 4.69) is 10.5 Å². The van der Waals surface area contributed by atoms with Crippen LogP contribution in [0, 0.1) is 12.8 Å². The molecule has 0 radical (unpaired) electrons. The van der Waals surface area contributed by atoms with Gasteiger partial charge in [-0.05, 0) is 61.6 Å². The second-order valence-corrected chi connectivity index (χ2v) is 11.1. The summed E-state index contributed by atoms with van der Waals surface area (Å²) in [4.78, 5) is 13.8. The molecule has 0 atom stereocenters. The predicted octanol–water partition coefficient (Wildman–Crippen LogP) is 4.92. The lowest BCUT2D eigenvalue weighted by Crippen LogP contribution is -2.41. The number of carbonyl (C=O) groups excluding carboxylic acids is 1. The molecule has 1 aromatic carbocycles. The molecule has 4 rings (SSSR count). The van der Waals surface area contributed by atoms with E-state index in [-0.39, 0.29) is 35.6 Å².